The molecule has 4 rings (SSSR count). The molecule has 0 bridgehead atoms. The van der Waals surface area contributed by atoms with E-state index in [1.54, 1.807) is 0 Å². The van der Waals surface area contributed by atoms with Crippen LogP contribution < -0.4 is 4.74 Å². The Hall–Kier alpha value is -2.41. The van der Waals surface area contributed by atoms with E-state index in [4.69, 9.17) is 20.9 Å². The van der Waals surface area contributed by atoms with Gasteiger partial charge in [0.25, 0.3) is 0 Å². The van der Waals surface area contributed by atoms with Crippen LogP contribution in [0.4, 0.5) is 0 Å². The van der Waals surface area contributed by atoms with Crippen LogP contribution >= 0.6 is 11.6 Å². The molecule has 6 nitrogen and oxygen atoms in total. The van der Waals surface area contributed by atoms with E-state index in [-0.39, 0.29) is 0 Å². The van der Waals surface area contributed by atoms with Crippen molar-refractivity contribution >= 4 is 11.6 Å². The van der Waals surface area contributed by atoms with E-state index in [2.05, 4.69) is 32.1 Å². The van der Waals surface area contributed by atoms with Crippen LogP contribution in [-0.4, -0.2) is 52.7 Å². The van der Waals surface area contributed by atoms with Gasteiger partial charge in [0.15, 0.2) is 0 Å². The molecule has 0 unspecified atom stereocenters. The summed E-state index contributed by atoms with van der Waals surface area (Å²) in [4.78, 5) is 9.34. The van der Waals surface area contributed by atoms with E-state index in [9.17, 15) is 0 Å². The highest BCUT2D eigenvalue weighted by Gasteiger charge is 2.19. The highest BCUT2D eigenvalue weighted by molar-refractivity contribution is 6.30. The summed E-state index contributed by atoms with van der Waals surface area (Å²) in [5.41, 5.74) is 2.18. The zero-order valence-electron chi connectivity index (χ0n) is 16.6. The van der Waals surface area contributed by atoms with E-state index >= 15 is 0 Å². The van der Waals surface area contributed by atoms with Crippen molar-refractivity contribution in [2.75, 3.05) is 32.8 Å². The highest BCUT2D eigenvalue weighted by Crippen LogP contribution is 2.21. The normalized spacial score (nSPS) is 15.5. The maximum atomic E-state index is 6.05. The zero-order valence-corrected chi connectivity index (χ0v) is 17.3. The van der Waals surface area contributed by atoms with Gasteiger partial charge in [-0.05, 0) is 36.8 Å². The molecule has 1 fully saturated rings. The van der Waals surface area contributed by atoms with Gasteiger partial charge in [-0.3, -0.25) is 9.80 Å². The lowest BCUT2D eigenvalue weighted by Crippen LogP contribution is -2.45. The number of nitrogens with zero attached hydrogens (tertiary/aromatic N) is 4. The first kappa shape index (κ1) is 19.9. The van der Waals surface area contributed by atoms with Gasteiger partial charge in [-0.15, -0.1) is 0 Å². The van der Waals surface area contributed by atoms with Gasteiger partial charge in [-0.1, -0.05) is 41.0 Å². The minimum absolute atomic E-state index is 0.580. The second-order valence-corrected chi connectivity index (χ2v) is 7.59. The van der Waals surface area contributed by atoms with Crippen LogP contribution in [0.1, 0.15) is 18.4 Å². The van der Waals surface area contributed by atoms with E-state index < -0.39 is 0 Å². The third kappa shape index (κ3) is 5.35. The van der Waals surface area contributed by atoms with Crippen molar-refractivity contribution in [1.82, 2.24) is 19.9 Å². The molecule has 0 aliphatic carbocycles. The molecule has 7 heteroatoms. The Balaban J connectivity index is 1.27. The molecule has 1 aliphatic heterocycles. The molecule has 1 aliphatic rings. The predicted octanol–water partition coefficient (Wildman–Crippen LogP) is 4.11. The van der Waals surface area contributed by atoms with Crippen molar-refractivity contribution in [3.8, 4) is 17.1 Å². The first-order valence-electron chi connectivity index (χ1n) is 9.94. The molecule has 3 aromatic rings. The van der Waals surface area contributed by atoms with Crippen molar-refractivity contribution in [1.29, 1.82) is 0 Å². The summed E-state index contributed by atoms with van der Waals surface area (Å²) in [7, 11) is 0. The fourth-order valence-corrected chi connectivity index (χ4v) is 3.67. The lowest BCUT2D eigenvalue weighted by atomic mass is 10.2. The molecule has 0 atom stereocenters. The SMILES string of the molecule is CCOc1ccc(CN2CCN(Cc3nc(-c4cccc(Cl)c4)no3)CC2)cc1. The third-order valence-corrected chi connectivity index (χ3v) is 5.25. The average Bonchev–Trinajstić information content (AvgIpc) is 3.20. The topological polar surface area (TPSA) is 54.6 Å². The summed E-state index contributed by atoms with van der Waals surface area (Å²) in [5.74, 6) is 2.15. The van der Waals surface area contributed by atoms with E-state index in [0.29, 0.717) is 29.9 Å². The molecule has 2 heterocycles. The minimum Gasteiger partial charge on any atom is -0.494 e. The summed E-state index contributed by atoms with van der Waals surface area (Å²) in [6.07, 6.45) is 0. The Morgan fingerprint density at radius 1 is 1.00 bits per heavy atom. The van der Waals surface area contributed by atoms with Crippen LogP contribution in [0.2, 0.25) is 5.02 Å². The van der Waals surface area contributed by atoms with Crippen molar-refractivity contribution < 1.29 is 9.26 Å². The molecule has 1 aromatic heterocycles. The fourth-order valence-electron chi connectivity index (χ4n) is 3.48. The lowest BCUT2D eigenvalue weighted by Gasteiger charge is -2.33. The minimum atomic E-state index is 0.580. The number of piperazine rings is 1. The van der Waals surface area contributed by atoms with Crippen LogP contribution in [0.25, 0.3) is 11.4 Å². The molecule has 0 radical (unpaired) electrons. The Bertz CT molecular complexity index is 921. The Labute approximate surface area is 176 Å². The summed E-state index contributed by atoms with van der Waals surface area (Å²) >= 11 is 6.05. The number of benzene rings is 2. The molecule has 152 valence electrons. The second kappa shape index (κ2) is 9.39. The fraction of sp³-hybridized carbons (Fsp3) is 0.364. The van der Waals surface area contributed by atoms with E-state index in [1.807, 2.05) is 43.3 Å². The molecule has 0 saturated carbocycles. The van der Waals surface area contributed by atoms with Gasteiger partial charge >= 0.3 is 0 Å². The number of ether oxygens (including phenoxy) is 1. The van der Waals surface area contributed by atoms with Crippen LogP contribution in [0.5, 0.6) is 5.75 Å². The molecule has 29 heavy (non-hydrogen) atoms. The van der Waals surface area contributed by atoms with E-state index in [0.717, 1.165) is 44.0 Å². The number of hydrogen-bond donors (Lipinski definition) is 0. The number of hydrogen-bond acceptors (Lipinski definition) is 6. The van der Waals surface area contributed by atoms with Gasteiger partial charge in [0, 0.05) is 43.3 Å². The quantitative estimate of drug-likeness (QED) is 0.582. The van der Waals surface area contributed by atoms with Crippen molar-refractivity contribution in [2.24, 2.45) is 0 Å². The van der Waals surface area contributed by atoms with E-state index in [1.165, 1.54) is 5.56 Å². The predicted molar refractivity (Wildman–Crippen MR) is 113 cm³/mol. The van der Waals surface area contributed by atoms with Gasteiger partial charge in [0.05, 0.1) is 13.2 Å². The molecule has 0 spiro atoms. The summed E-state index contributed by atoms with van der Waals surface area (Å²) in [6.45, 7) is 8.31. The third-order valence-electron chi connectivity index (χ3n) is 5.02. The molecular weight excluding hydrogens is 388 g/mol. The number of halogens is 1. The maximum absolute atomic E-state index is 6.05. The standard InChI is InChI=1S/C22H25ClN4O2/c1-2-28-20-8-6-17(7-9-20)15-26-10-12-27(13-11-26)16-21-24-22(25-29-21)18-4-3-5-19(23)14-18/h3-9,14H,2,10-13,15-16H2,1H3. The molecular formula is C22H25ClN4O2. The monoisotopic (exact) mass is 412 g/mol. The van der Waals surface area contributed by atoms with Crippen molar-refractivity contribution in [2.45, 2.75) is 20.0 Å². The van der Waals surface area contributed by atoms with Crippen LogP contribution in [0.3, 0.4) is 0 Å². The second-order valence-electron chi connectivity index (χ2n) is 7.15. The number of rotatable bonds is 7. The highest BCUT2D eigenvalue weighted by atomic mass is 35.5. The maximum Gasteiger partial charge on any atom is 0.241 e. The lowest BCUT2D eigenvalue weighted by molar-refractivity contribution is 0.112. The van der Waals surface area contributed by atoms with Gasteiger partial charge < -0.3 is 9.26 Å². The van der Waals surface area contributed by atoms with Gasteiger partial charge in [-0.25, -0.2) is 0 Å². The number of aromatic nitrogens is 2. The Morgan fingerprint density at radius 2 is 1.72 bits per heavy atom. The van der Waals surface area contributed by atoms with Crippen molar-refractivity contribution in [3.05, 3.63) is 65.0 Å². The van der Waals surface area contributed by atoms with Crippen LogP contribution in [0.15, 0.2) is 53.1 Å². The van der Waals surface area contributed by atoms with Gasteiger partial charge in [0.1, 0.15) is 5.75 Å². The summed E-state index contributed by atoms with van der Waals surface area (Å²) in [5, 5.41) is 4.76. The summed E-state index contributed by atoms with van der Waals surface area (Å²) in [6, 6.07) is 15.9. The first-order chi connectivity index (χ1) is 14.2. The zero-order chi connectivity index (χ0) is 20.1. The molecule has 0 N–H and O–H groups in total. The molecule has 2 aromatic carbocycles. The molecule has 1 saturated heterocycles. The van der Waals surface area contributed by atoms with Crippen molar-refractivity contribution in [3.63, 3.8) is 0 Å². The summed E-state index contributed by atoms with van der Waals surface area (Å²) < 4.78 is 11.0. The van der Waals surface area contributed by atoms with Crippen LogP contribution in [-0.2, 0) is 13.1 Å². The average molecular weight is 413 g/mol. The van der Waals surface area contributed by atoms with Gasteiger partial charge in [0.2, 0.25) is 11.7 Å². The smallest absolute Gasteiger partial charge is 0.241 e. The Kier molecular flexibility index (Phi) is 6.44. The Morgan fingerprint density at radius 3 is 2.41 bits per heavy atom. The van der Waals surface area contributed by atoms with Gasteiger partial charge in [-0.2, -0.15) is 4.98 Å². The van der Waals surface area contributed by atoms with Crippen LogP contribution in [0, 0.1) is 0 Å². The molecule has 0 amide bonds. The largest absolute Gasteiger partial charge is 0.494 e. The first-order valence-corrected chi connectivity index (χ1v) is 10.3.